The number of benzene rings is 1. The Balaban J connectivity index is 1.44. The van der Waals surface area contributed by atoms with Crippen LogP contribution in [-0.4, -0.2) is 35.5 Å². The van der Waals surface area contributed by atoms with Crippen molar-refractivity contribution in [3.8, 4) is 16.9 Å². The summed E-state index contributed by atoms with van der Waals surface area (Å²) in [6.07, 6.45) is 5.08. The van der Waals surface area contributed by atoms with Crippen LogP contribution in [0.15, 0.2) is 48.8 Å². The molecule has 2 fully saturated rings. The molecule has 5 rings (SSSR count). The quantitative estimate of drug-likeness (QED) is 0.685. The number of nitrogens with one attached hydrogen (secondary N) is 2. The molecule has 1 saturated heterocycles. The van der Waals surface area contributed by atoms with E-state index < -0.39 is 5.54 Å². The van der Waals surface area contributed by atoms with Crippen molar-refractivity contribution in [2.24, 2.45) is 17.8 Å². The summed E-state index contributed by atoms with van der Waals surface area (Å²) in [6, 6.07) is 12.2. The van der Waals surface area contributed by atoms with Gasteiger partial charge in [-0.1, -0.05) is 18.2 Å². The molecular formula is C24H28N4O2. The lowest BCUT2D eigenvalue weighted by Gasteiger charge is -2.49. The van der Waals surface area contributed by atoms with E-state index in [1.54, 1.807) is 7.11 Å². The van der Waals surface area contributed by atoms with Gasteiger partial charge >= 0.3 is 0 Å². The Morgan fingerprint density at radius 1 is 1.20 bits per heavy atom. The number of carbonyl (C=O) groups is 1. The summed E-state index contributed by atoms with van der Waals surface area (Å²) >= 11 is 0. The Labute approximate surface area is 176 Å². The Hall–Kier alpha value is -2.86. The van der Waals surface area contributed by atoms with E-state index in [-0.39, 0.29) is 11.8 Å². The van der Waals surface area contributed by atoms with E-state index in [0.717, 1.165) is 41.3 Å². The third-order valence-electron chi connectivity index (χ3n) is 6.70. The van der Waals surface area contributed by atoms with Gasteiger partial charge in [0.05, 0.1) is 24.4 Å². The van der Waals surface area contributed by atoms with Crippen LogP contribution in [0.4, 0.5) is 0 Å². The lowest BCUT2D eigenvalue weighted by molar-refractivity contribution is -0.138. The molecule has 1 aliphatic carbocycles. The molecule has 3 atom stereocenters. The molecule has 1 saturated carbocycles. The third-order valence-corrected chi connectivity index (χ3v) is 6.70. The van der Waals surface area contributed by atoms with Crippen molar-refractivity contribution in [3.05, 3.63) is 54.6 Å². The van der Waals surface area contributed by atoms with Crippen LogP contribution in [0.5, 0.6) is 5.75 Å². The molecule has 1 amide bonds. The molecule has 6 nitrogen and oxygen atoms in total. The fourth-order valence-electron chi connectivity index (χ4n) is 5.12. The van der Waals surface area contributed by atoms with Crippen molar-refractivity contribution >= 4 is 11.4 Å². The molecule has 3 aromatic rings. The first-order chi connectivity index (χ1) is 14.5. The molecule has 6 heteroatoms. The summed E-state index contributed by atoms with van der Waals surface area (Å²) in [7, 11) is 1.67. The number of rotatable bonds is 5. The number of hydrogen-bond donors (Lipinski definition) is 2. The van der Waals surface area contributed by atoms with E-state index in [4.69, 9.17) is 9.72 Å². The summed E-state index contributed by atoms with van der Waals surface area (Å²) < 4.78 is 7.36. The van der Waals surface area contributed by atoms with Gasteiger partial charge in [-0.15, -0.1) is 0 Å². The second-order valence-electron chi connectivity index (χ2n) is 9.04. The smallest absolute Gasteiger partial charge is 0.224 e. The zero-order valence-electron chi connectivity index (χ0n) is 17.7. The number of imidazole rings is 1. The maximum absolute atomic E-state index is 13.0. The summed E-state index contributed by atoms with van der Waals surface area (Å²) in [5, 5.41) is 6.70. The van der Waals surface area contributed by atoms with Crippen molar-refractivity contribution in [2.75, 3.05) is 20.2 Å². The second-order valence-corrected chi connectivity index (χ2v) is 9.04. The number of amides is 1. The first kappa shape index (κ1) is 19.1. The molecule has 156 valence electrons. The fourth-order valence-corrected chi connectivity index (χ4v) is 5.12. The normalized spacial score (nSPS) is 23.1. The average Bonchev–Trinajstić information content (AvgIpc) is 3.19. The molecule has 2 aromatic heterocycles. The van der Waals surface area contributed by atoms with E-state index >= 15 is 0 Å². The zero-order chi connectivity index (χ0) is 20.9. The van der Waals surface area contributed by atoms with E-state index in [1.165, 1.54) is 6.42 Å². The Morgan fingerprint density at radius 2 is 1.93 bits per heavy atom. The molecule has 2 aliphatic rings. The number of aromatic nitrogens is 2. The number of carbonyl (C=O) groups excluding carboxylic acids is 1. The molecule has 30 heavy (non-hydrogen) atoms. The minimum atomic E-state index is -0.570. The molecule has 2 bridgehead atoms. The van der Waals surface area contributed by atoms with Gasteiger partial charge < -0.3 is 19.8 Å². The molecule has 0 unspecified atom stereocenters. The Bertz CT molecular complexity index is 1070. The Kier molecular flexibility index (Phi) is 4.54. The summed E-state index contributed by atoms with van der Waals surface area (Å²) in [4.78, 5) is 17.8. The van der Waals surface area contributed by atoms with Gasteiger partial charge in [-0.3, -0.25) is 4.79 Å². The second kappa shape index (κ2) is 7.13. The van der Waals surface area contributed by atoms with Gasteiger partial charge in [0.25, 0.3) is 0 Å². The Morgan fingerprint density at radius 3 is 2.60 bits per heavy atom. The highest BCUT2D eigenvalue weighted by molar-refractivity contribution is 5.82. The predicted octanol–water partition coefficient (Wildman–Crippen LogP) is 3.22. The van der Waals surface area contributed by atoms with Gasteiger partial charge in [-0.25, -0.2) is 4.98 Å². The fraction of sp³-hybridized carbons (Fsp3) is 0.417. The monoisotopic (exact) mass is 404 g/mol. The van der Waals surface area contributed by atoms with Gasteiger partial charge in [0, 0.05) is 17.7 Å². The van der Waals surface area contributed by atoms with Crippen LogP contribution in [0.2, 0.25) is 0 Å². The molecule has 2 N–H and O–H groups in total. The van der Waals surface area contributed by atoms with Crippen molar-refractivity contribution in [1.29, 1.82) is 0 Å². The SMILES string of the molecule is COc1ccc(-c2cccn3c(C(C)(C)NC(=O)[C@H]4[C@@H]5CNC[C@H]4C5)ncc23)cc1. The third kappa shape index (κ3) is 3.06. The van der Waals surface area contributed by atoms with Crippen LogP contribution in [-0.2, 0) is 10.3 Å². The first-order valence-electron chi connectivity index (χ1n) is 10.6. The summed E-state index contributed by atoms with van der Waals surface area (Å²) in [6.45, 7) is 5.97. The number of fused-ring (bicyclic) bond motifs is 3. The minimum absolute atomic E-state index is 0.131. The largest absolute Gasteiger partial charge is 0.497 e. The van der Waals surface area contributed by atoms with E-state index in [0.29, 0.717) is 11.8 Å². The van der Waals surface area contributed by atoms with Crippen molar-refractivity contribution < 1.29 is 9.53 Å². The maximum atomic E-state index is 13.0. The summed E-state index contributed by atoms with van der Waals surface area (Å²) in [5.41, 5.74) is 2.65. The van der Waals surface area contributed by atoms with Gasteiger partial charge in [0.1, 0.15) is 11.6 Å². The number of ether oxygens (including phenoxy) is 1. The standard InChI is InChI=1S/C24H28N4O2/c1-24(2,27-22(29)21-16-11-17(21)13-25-12-16)23-26-14-20-19(5-4-10-28(20)23)15-6-8-18(30-3)9-7-15/h4-10,14,16-17,21,25H,11-13H2,1-3H3,(H,27,29)/t16-,17+,21-. The van der Waals surface area contributed by atoms with Crippen LogP contribution in [0.1, 0.15) is 26.1 Å². The van der Waals surface area contributed by atoms with Crippen molar-refractivity contribution in [3.63, 3.8) is 0 Å². The average molecular weight is 405 g/mol. The van der Waals surface area contributed by atoms with Gasteiger partial charge in [-0.05, 0) is 69.0 Å². The molecule has 0 radical (unpaired) electrons. The topological polar surface area (TPSA) is 67.7 Å². The molecule has 0 spiro atoms. The number of piperidine rings is 2. The van der Waals surface area contributed by atoms with Crippen molar-refractivity contribution in [1.82, 2.24) is 20.0 Å². The zero-order valence-corrected chi connectivity index (χ0v) is 17.7. The highest BCUT2D eigenvalue weighted by Crippen LogP contribution is 2.43. The van der Waals surface area contributed by atoms with E-state index in [1.807, 2.05) is 44.4 Å². The molecular weight excluding hydrogens is 376 g/mol. The number of pyridine rings is 1. The lowest BCUT2D eigenvalue weighted by Crippen LogP contribution is -2.60. The van der Waals surface area contributed by atoms with Gasteiger partial charge in [-0.2, -0.15) is 0 Å². The number of nitrogens with zero attached hydrogens (tertiary/aromatic N) is 2. The highest BCUT2D eigenvalue weighted by Gasteiger charge is 2.48. The summed E-state index contributed by atoms with van der Waals surface area (Å²) in [5.74, 6) is 2.90. The van der Waals surface area contributed by atoms with Crippen LogP contribution in [0.25, 0.3) is 16.6 Å². The van der Waals surface area contributed by atoms with Crippen LogP contribution in [0, 0.1) is 17.8 Å². The van der Waals surface area contributed by atoms with Crippen LogP contribution in [0.3, 0.4) is 0 Å². The molecule has 1 aromatic carbocycles. The van der Waals surface area contributed by atoms with Gasteiger partial charge in [0.15, 0.2) is 0 Å². The van der Waals surface area contributed by atoms with Gasteiger partial charge in [0.2, 0.25) is 5.91 Å². The predicted molar refractivity (Wildman–Crippen MR) is 116 cm³/mol. The molecule has 3 heterocycles. The first-order valence-corrected chi connectivity index (χ1v) is 10.6. The number of methoxy groups -OCH3 is 1. The maximum Gasteiger partial charge on any atom is 0.224 e. The van der Waals surface area contributed by atoms with E-state index in [9.17, 15) is 4.79 Å². The van der Waals surface area contributed by atoms with Crippen LogP contribution >= 0.6 is 0 Å². The van der Waals surface area contributed by atoms with E-state index in [2.05, 4.69) is 33.2 Å². The highest BCUT2D eigenvalue weighted by atomic mass is 16.5. The number of hydrogen-bond acceptors (Lipinski definition) is 4. The lowest BCUT2D eigenvalue weighted by atomic mass is 9.61. The molecule has 1 aliphatic heterocycles. The van der Waals surface area contributed by atoms with Crippen LogP contribution < -0.4 is 15.4 Å². The van der Waals surface area contributed by atoms with Crippen molar-refractivity contribution in [2.45, 2.75) is 25.8 Å². The minimum Gasteiger partial charge on any atom is -0.497 e.